The fraction of sp³-hybridized carbons (Fsp3) is 0.188. The Hall–Kier alpha value is -2.29. The van der Waals surface area contributed by atoms with Crippen LogP contribution in [0.15, 0.2) is 36.9 Å². The Morgan fingerprint density at radius 3 is 3.00 bits per heavy atom. The van der Waals surface area contributed by atoms with Crippen LogP contribution in [-0.4, -0.2) is 17.3 Å². The monoisotopic (exact) mass is 253 g/mol. The number of fused-ring (bicyclic) bond motifs is 3. The first-order valence-electron chi connectivity index (χ1n) is 6.39. The van der Waals surface area contributed by atoms with E-state index < -0.39 is 0 Å². The molecule has 3 nitrogen and oxygen atoms in total. The summed E-state index contributed by atoms with van der Waals surface area (Å²) in [4.78, 5) is 12.2. The molecule has 0 saturated carbocycles. The third kappa shape index (κ3) is 1.70. The Morgan fingerprint density at radius 1 is 1.42 bits per heavy atom. The highest BCUT2D eigenvalue weighted by molar-refractivity contribution is 6.02. The van der Waals surface area contributed by atoms with Crippen LogP contribution in [-0.2, 0) is 4.74 Å². The van der Waals surface area contributed by atoms with Crippen LogP contribution in [0.5, 0.6) is 0 Å². The third-order valence-electron chi connectivity index (χ3n) is 3.35. The molecule has 1 aromatic carbocycles. The van der Waals surface area contributed by atoms with E-state index in [1.165, 1.54) is 0 Å². The van der Waals surface area contributed by atoms with Gasteiger partial charge in [-0.05, 0) is 25.0 Å². The number of hydrogen-bond acceptors (Lipinski definition) is 2. The number of nitrogens with zero attached hydrogens (tertiary/aromatic N) is 1. The van der Waals surface area contributed by atoms with Crippen LogP contribution in [0.4, 0.5) is 4.79 Å². The molecule has 0 unspecified atom stereocenters. The van der Waals surface area contributed by atoms with Crippen molar-refractivity contribution in [3.05, 3.63) is 48.2 Å². The largest absolute Gasteiger partial charge is 0.449 e. The van der Waals surface area contributed by atoms with Crippen molar-refractivity contribution in [2.75, 3.05) is 6.61 Å². The number of carbonyl (C=O) groups excluding carboxylic acids is 1. The summed E-state index contributed by atoms with van der Waals surface area (Å²) in [5, 5.41) is 1.06. The minimum absolute atomic E-state index is 0.337. The van der Waals surface area contributed by atoms with Crippen molar-refractivity contribution in [2.45, 2.75) is 13.3 Å². The molecule has 3 rings (SSSR count). The predicted octanol–water partition coefficient (Wildman–Crippen LogP) is 4.08. The Kier molecular flexibility index (Phi) is 2.75. The molecule has 0 fully saturated rings. The summed E-state index contributed by atoms with van der Waals surface area (Å²) >= 11 is 0. The molecule has 0 saturated heterocycles. The number of carbonyl (C=O) groups is 1. The Morgan fingerprint density at radius 2 is 2.21 bits per heavy atom. The van der Waals surface area contributed by atoms with E-state index in [1.54, 1.807) is 4.57 Å². The lowest BCUT2D eigenvalue weighted by Gasteiger charge is -2.13. The third-order valence-corrected chi connectivity index (χ3v) is 3.35. The molecule has 19 heavy (non-hydrogen) atoms. The normalized spacial score (nSPS) is 13.6. The molecule has 0 spiro atoms. The van der Waals surface area contributed by atoms with Crippen LogP contribution in [0, 0.1) is 0 Å². The first-order chi connectivity index (χ1) is 9.24. The second kappa shape index (κ2) is 4.43. The topological polar surface area (TPSA) is 31.2 Å². The SMILES string of the molecule is C=C1CC=Cc2c1n(C(=O)OCC)c1ccccc21. The zero-order valence-corrected chi connectivity index (χ0v) is 10.8. The molecule has 1 aromatic heterocycles. The van der Waals surface area contributed by atoms with Gasteiger partial charge in [0.1, 0.15) is 0 Å². The van der Waals surface area contributed by atoms with Crippen molar-refractivity contribution < 1.29 is 9.53 Å². The fourth-order valence-corrected chi connectivity index (χ4v) is 2.58. The molecule has 96 valence electrons. The molecule has 1 aliphatic carbocycles. The van der Waals surface area contributed by atoms with Crippen molar-refractivity contribution in [3.63, 3.8) is 0 Å². The van der Waals surface area contributed by atoms with Gasteiger partial charge in [-0.3, -0.25) is 0 Å². The highest BCUT2D eigenvalue weighted by atomic mass is 16.5. The van der Waals surface area contributed by atoms with Gasteiger partial charge in [-0.1, -0.05) is 36.9 Å². The van der Waals surface area contributed by atoms with E-state index >= 15 is 0 Å². The van der Waals surface area contributed by atoms with Gasteiger partial charge in [-0.15, -0.1) is 0 Å². The van der Waals surface area contributed by atoms with Crippen molar-refractivity contribution in [1.29, 1.82) is 0 Å². The first kappa shape index (κ1) is 11.8. The molecule has 0 radical (unpaired) electrons. The van der Waals surface area contributed by atoms with Crippen molar-refractivity contribution in [2.24, 2.45) is 0 Å². The maximum Gasteiger partial charge on any atom is 0.418 e. The summed E-state index contributed by atoms with van der Waals surface area (Å²) in [6, 6.07) is 7.86. The lowest BCUT2D eigenvalue weighted by atomic mass is 9.98. The van der Waals surface area contributed by atoms with Crippen LogP contribution in [0.1, 0.15) is 24.6 Å². The highest BCUT2D eigenvalue weighted by Gasteiger charge is 2.23. The van der Waals surface area contributed by atoms with Gasteiger partial charge in [0.05, 0.1) is 17.8 Å². The summed E-state index contributed by atoms with van der Waals surface area (Å²) < 4.78 is 6.81. The Bertz CT molecular complexity index is 707. The zero-order valence-electron chi connectivity index (χ0n) is 10.8. The van der Waals surface area contributed by atoms with Gasteiger partial charge >= 0.3 is 6.09 Å². The second-order valence-corrected chi connectivity index (χ2v) is 4.52. The van der Waals surface area contributed by atoms with Crippen LogP contribution in [0.2, 0.25) is 0 Å². The minimum Gasteiger partial charge on any atom is -0.449 e. The number of para-hydroxylation sites is 1. The first-order valence-corrected chi connectivity index (χ1v) is 6.39. The van der Waals surface area contributed by atoms with E-state index in [9.17, 15) is 4.79 Å². The van der Waals surface area contributed by atoms with Crippen LogP contribution in [0.25, 0.3) is 22.6 Å². The van der Waals surface area contributed by atoms with Crippen molar-refractivity contribution >= 4 is 28.6 Å². The lowest BCUT2D eigenvalue weighted by molar-refractivity contribution is 0.155. The Labute approximate surface area is 111 Å². The van der Waals surface area contributed by atoms with E-state index in [-0.39, 0.29) is 6.09 Å². The predicted molar refractivity (Wildman–Crippen MR) is 77.0 cm³/mol. The molecule has 0 N–H and O–H groups in total. The van der Waals surface area contributed by atoms with Gasteiger partial charge in [0.2, 0.25) is 0 Å². The highest BCUT2D eigenvalue weighted by Crippen LogP contribution is 2.36. The summed E-state index contributed by atoms with van der Waals surface area (Å²) in [5.74, 6) is 0. The Balaban J connectivity index is 2.36. The van der Waals surface area contributed by atoms with Gasteiger partial charge in [0.25, 0.3) is 0 Å². The summed E-state index contributed by atoms with van der Waals surface area (Å²) in [5.41, 5.74) is 3.75. The molecule has 1 heterocycles. The number of allylic oxidation sites excluding steroid dienone is 2. The molecule has 2 aromatic rings. The fourth-order valence-electron chi connectivity index (χ4n) is 2.58. The van der Waals surface area contributed by atoms with Gasteiger partial charge in [-0.25, -0.2) is 9.36 Å². The number of ether oxygens (including phenoxy) is 1. The molecule has 0 atom stereocenters. The molecular formula is C16H15NO2. The van der Waals surface area contributed by atoms with Gasteiger partial charge in [-0.2, -0.15) is 0 Å². The van der Waals surface area contributed by atoms with Gasteiger partial charge < -0.3 is 4.74 Å². The smallest absolute Gasteiger partial charge is 0.418 e. The summed E-state index contributed by atoms with van der Waals surface area (Å²) in [6.07, 6.45) is 4.56. The molecule has 0 aliphatic heterocycles. The van der Waals surface area contributed by atoms with E-state index in [1.807, 2.05) is 31.2 Å². The minimum atomic E-state index is -0.337. The van der Waals surface area contributed by atoms with Crippen LogP contribution in [0.3, 0.4) is 0 Å². The number of benzene rings is 1. The average Bonchev–Trinajstić information content (AvgIpc) is 2.75. The van der Waals surface area contributed by atoms with Gasteiger partial charge in [0, 0.05) is 10.9 Å². The molecule has 0 bridgehead atoms. The van der Waals surface area contributed by atoms with E-state index in [0.717, 1.165) is 34.2 Å². The molecule has 0 amide bonds. The molecule has 3 heteroatoms. The van der Waals surface area contributed by atoms with Crippen LogP contribution < -0.4 is 0 Å². The van der Waals surface area contributed by atoms with E-state index in [4.69, 9.17) is 4.74 Å². The maximum atomic E-state index is 12.2. The van der Waals surface area contributed by atoms with E-state index in [0.29, 0.717) is 6.61 Å². The summed E-state index contributed by atoms with van der Waals surface area (Å²) in [6.45, 7) is 6.25. The lowest BCUT2D eigenvalue weighted by Crippen LogP contribution is -2.16. The van der Waals surface area contributed by atoms with Crippen molar-refractivity contribution in [3.8, 4) is 0 Å². The number of rotatable bonds is 1. The maximum absolute atomic E-state index is 12.2. The second-order valence-electron chi connectivity index (χ2n) is 4.52. The number of hydrogen-bond donors (Lipinski definition) is 0. The molecule has 1 aliphatic rings. The number of aromatic nitrogens is 1. The van der Waals surface area contributed by atoms with Crippen LogP contribution >= 0.6 is 0 Å². The molecular weight excluding hydrogens is 238 g/mol. The zero-order chi connectivity index (χ0) is 13.4. The van der Waals surface area contributed by atoms with Crippen molar-refractivity contribution in [1.82, 2.24) is 4.57 Å². The van der Waals surface area contributed by atoms with E-state index in [2.05, 4.69) is 18.7 Å². The standard InChI is InChI=1S/C16H15NO2/c1-3-19-16(18)17-14-10-5-4-8-12(14)13-9-6-7-11(2)15(13)17/h4-6,8-10H,2-3,7H2,1H3. The average molecular weight is 253 g/mol. The quantitative estimate of drug-likeness (QED) is 0.767. The van der Waals surface area contributed by atoms with Gasteiger partial charge in [0.15, 0.2) is 0 Å². The summed E-state index contributed by atoms with van der Waals surface area (Å²) in [7, 11) is 0.